The molecule has 2 N–H and O–H groups in total. The molecule has 1 aromatic rings. The van der Waals surface area contributed by atoms with Gasteiger partial charge in [0.05, 0.1) is 19.8 Å². The van der Waals surface area contributed by atoms with Crippen molar-refractivity contribution in [1.82, 2.24) is 15.5 Å². The molecule has 1 aromatic carbocycles. The Hall–Kier alpha value is -1.24. The fourth-order valence-electron chi connectivity index (χ4n) is 2.88. The third-order valence-corrected chi connectivity index (χ3v) is 5.25. The van der Waals surface area contributed by atoms with Gasteiger partial charge in [0, 0.05) is 37.1 Å². The van der Waals surface area contributed by atoms with E-state index in [0.717, 1.165) is 45.4 Å². The van der Waals surface area contributed by atoms with E-state index in [1.54, 1.807) is 11.8 Å². The van der Waals surface area contributed by atoms with Crippen molar-refractivity contribution in [2.24, 2.45) is 4.99 Å². The van der Waals surface area contributed by atoms with Crippen molar-refractivity contribution in [3.8, 4) is 0 Å². The van der Waals surface area contributed by atoms with Gasteiger partial charge in [-0.05, 0) is 44.2 Å². The van der Waals surface area contributed by atoms with Gasteiger partial charge in [-0.2, -0.15) is 0 Å². The van der Waals surface area contributed by atoms with E-state index < -0.39 is 0 Å². The Balaban J connectivity index is 1.93. The molecule has 1 atom stereocenters. The number of thioether (sulfide) groups is 1. The minimum absolute atomic E-state index is 0.467. The molecule has 0 radical (unpaired) electrons. The summed E-state index contributed by atoms with van der Waals surface area (Å²) >= 11 is 1.78. The molecule has 5 nitrogen and oxygen atoms in total. The molecule has 1 unspecified atom stereocenters. The lowest BCUT2D eigenvalue weighted by Crippen LogP contribution is -2.49. The Kier molecular flexibility index (Phi) is 8.58. The number of morpholine rings is 1. The average molecular weight is 365 g/mol. The van der Waals surface area contributed by atoms with E-state index >= 15 is 0 Å². The van der Waals surface area contributed by atoms with E-state index in [-0.39, 0.29) is 0 Å². The van der Waals surface area contributed by atoms with Crippen LogP contribution in [0.25, 0.3) is 0 Å². The zero-order valence-corrected chi connectivity index (χ0v) is 16.8. The summed E-state index contributed by atoms with van der Waals surface area (Å²) in [6.07, 6.45) is 2.12. The molecule has 2 rings (SSSR count). The predicted molar refractivity (Wildman–Crippen MR) is 108 cm³/mol. The van der Waals surface area contributed by atoms with Gasteiger partial charge in [-0.3, -0.25) is 4.90 Å². The molecule has 0 bridgehead atoms. The molecule has 0 amide bonds. The van der Waals surface area contributed by atoms with Crippen LogP contribution in [0.2, 0.25) is 0 Å². The molecule has 25 heavy (non-hydrogen) atoms. The Morgan fingerprint density at radius 3 is 2.76 bits per heavy atom. The number of guanidine groups is 1. The number of aliphatic imine (C=N–C) groups is 1. The maximum absolute atomic E-state index is 5.43. The van der Waals surface area contributed by atoms with Crippen LogP contribution in [0.15, 0.2) is 28.1 Å². The lowest BCUT2D eigenvalue weighted by molar-refractivity contribution is 0.0211. The van der Waals surface area contributed by atoms with Crippen LogP contribution < -0.4 is 10.6 Å². The average Bonchev–Trinajstić information content (AvgIpc) is 2.65. The summed E-state index contributed by atoms with van der Waals surface area (Å²) in [5.74, 6) is 0.884. The van der Waals surface area contributed by atoms with Crippen molar-refractivity contribution < 1.29 is 4.74 Å². The van der Waals surface area contributed by atoms with Crippen LogP contribution in [-0.4, -0.2) is 62.5 Å². The third kappa shape index (κ3) is 6.53. The van der Waals surface area contributed by atoms with Crippen LogP contribution in [0.5, 0.6) is 0 Å². The van der Waals surface area contributed by atoms with Gasteiger partial charge in [0.1, 0.15) is 0 Å². The molecule has 0 spiro atoms. The van der Waals surface area contributed by atoms with Crippen LogP contribution in [0, 0.1) is 6.92 Å². The highest BCUT2D eigenvalue weighted by molar-refractivity contribution is 7.98. The van der Waals surface area contributed by atoms with Crippen molar-refractivity contribution in [2.45, 2.75) is 38.3 Å². The SMILES string of the molecule is CCNC(=NCc1ccc(C)cc1SC)NCC(C)N1CCOCC1. The number of rotatable bonds is 7. The number of hydrogen-bond acceptors (Lipinski definition) is 4. The first-order valence-corrected chi connectivity index (χ1v) is 10.3. The molecule has 140 valence electrons. The van der Waals surface area contributed by atoms with Gasteiger partial charge in [0.2, 0.25) is 0 Å². The highest BCUT2D eigenvalue weighted by atomic mass is 32.2. The fraction of sp³-hybridized carbons (Fsp3) is 0.632. The maximum atomic E-state index is 5.43. The standard InChI is InChI=1S/C19H32N4OS/c1-5-20-19(21-13-16(3)23-8-10-24-11-9-23)22-14-17-7-6-15(2)12-18(17)25-4/h6-7,12,16H,5,8-11,13-14H2,1-4H3,(H2,20,21,22). The van der Waals surface area contributed by atoms with Crippen LogP contribution in [-0.2, 0) is 11.3 Å². The van der Waals surface area contributed by atoms with Crippen molar-refractivity contribution in [3.05, 3.63) is 29.3 Å². The summed E-state index contributed by atoms with van der Waals surface area (Å²) < 4.78 is 5.43. The molecular formula is C19H32N4OS. The normalized spacial score (nSPS) is 17.4. The van der Waals surface area contributed by atoms with Crippen LogP contribution in [0.1, 0.15) is 25.0 Å². The highest BCUT2D eigenvalue weighted by Gasteiger charge is 2.17. The van der Waals surface area contributed by atoms with Gasteiger partial charge in [-0.1, -0.05) is 12.1 Å². The molecule has 1 heterocycles. The smallest absolute Gasteiger partial charge is 0.191 e. The monoisotopic (exact) mass is 364 g/mol. The highest BCUT2D eigenvalue weighted by Crippen LogP contribution is 2.22. The first-order chi connectivity index (χ1) is 12.1. The Labute approximate surface area is 156 Å². The number of benzene rings is 1. The lowest BCUT2D eigenvalue weighted by Gasteiger charge is -2.32. The quantitative estimate of drug-likeness (QED) is 0.442. The summed E-state index contributed by atoms with van der Waals surface area (Å²) in [6, 6.07) is 7.04. The fourth-order valence-corrected chi connectivity index (χ4v) is 3.58. The Bertz CT molecular complexity index is 558. The second-order valence-electron chi connectivity index (χ2n) is 6.39. The summed E-state index contributed by atoms with van der Waals surface area (Å²) in [4.78, 5) is 8.55. The van der Waals surface area contributed by atoms with E-state index in [1.807, 2.05) is 0 Å². The van der Waals surface area contributed by atoms with E-state index in [1.165, 1.54) is 16.0 Å². The van der Waals surface area contributed by atoms with Crippen LogP contribution in [0.3, 0.4) is 0 Å². The van der Waals surface area contributed by atoms with E-state index in [0.29, 0.717) is 12.6 Å². The van der Waals surface area contributed by atoms with Crippen molar-refractivity contribution in [2.75, 3.05) is 45.6 Å². The number of ether oxygens (including phenoxy) is 1. The Morgan fingerprint density at radius 2 is 2.08 bits per heavy atom. The van der Waals surface area contributed by atoms with Gasteiger partial charge in [0.25, 0.3) is 0 Å². The van der Waals surface area contributed by atoms with Gasteiger partial charge in [-0.25, -0.2) is 4.99 Å². The zero-order chi connectivity index (χ0) is 18.1. The molecule has 1 aliphatic heterocycles. The number of nitrogens with zero attached hydrogens (tertiary/aromatic N) is 2. The molecule has 6 heteroatoms. The topological polar surface area (TPSA) is 48.9 Å². The number of hydrogen-bond donors (Lipinski definition) is 2. The summed E-state index contributed by atoms with van der Waals surface area (Å²) in [7, 11) is 0. The van der Waals surface area contributed by atoms with Crippen molar-refractivity contribution in [1.29, 1.82) is 0 Å². The molecule has 1 saturated heterocycles. The first-order valence-electron chi connectivity index (χ1n) is 9.11. The first kappa shape index (κ1) is 20.1. The van der Waals surface area contributed by atoms with Crippen LogP contribution in [0.4, 0.5) is 0 Å². The molecule has 0 aliphatic carbocycles. The Morgan fingerprint density at radius 1 is 1.32 bits per heavy atom. The van der Waals surface area contributed by atoms with Gasteiger partial charge >= 0.3 is 0 Å². The predicted octanol–water partition coefficient (Wildman–Crippen LogP) is 2.49. The van der Waals surface area contributed by atoms with Crippen molar-refractivity contribution in [3.63, 3.8) is 0 Å². The van der Waals surface area contributed by atoms with Gasteiger partial charge in [-0.15, -0.1) is 11.8 Å². The molecule has 0 saturated carbocycles. The summed E-state index contributed by atoms with van der Waals surface area (Å²) in [5.41, 5.74) is 2.57. The minimum Gasteiger partial charge on any atom is -0.379 e. The zero-order valence-electron chi connectivity index (χ0n) is 16.0. The van der Waals surface area contributed by atoms with E-state index in [4.69, 9.17) is 9.73 Å². The lowest BCUT2D eigenvalue weighted by atomic mass is 10.1. The minimum atomic E-state index is 0.467. The van der Waals surface area contributed by atoms with Crippen molar-refractivity contribution >= 4 is 17.7 Å². The van der Waals surface area contributed by atoms with E-state index in [2.05, 4.69) is 60.8 Å². The molecule has 0 aromatic heterocycles. The summed E-state index contributed by atoms with van der Waals surface area (Å²) in [5, 5.41) is 6.84. The van der Waals surface area contributed by atoms with Gasteiger partial charge < -0.3 is 15.4 Å². The summed E-state index contributed by atoms with van der Waals surface area (Å²) in [6.45, 7) is 12.6. The molecule has 1 aliphatic rings. The number of aryl methyl sites for hydroxylation is 1. The maximum Gasteiger partial charge on any atom is 0.191 e. The second-order valence-corrected chi connectivity index (χ2v) is 7.24. The van der Waals surface area contributed by atoms with Crippen LogP contribution >= 0.6 is 11.8 Å². The second kappa shape index (κ2) is 10.7. The number of nitrogens with one attached hydrogen (secondary N) is 2. The molecule has 1 fully saturated rings. The largest absolute Gasteiger partial charge is 0.379 e. The third-order valence-electron chi connectivity index (χ3n) is 4.43. The van der Waals surface area contributed by atoms with E-state index in [9.17, 15) is 0 Å². The van der Waals surface area contributed by atoms with Gasteiger partial charge in [0.15, 0.2) is 5.96 Å². The molecular weight excluding hydrogens is 332 g/mol.